The van der Waals surface area contributed by atoms with E-state index in [1.165, 1.54) is 0 Å². The van der Waals surface area contributed by atoms with Gasteiger partial charge in [0.15, 0.2) is 5.82 Å². The molecular weight excluding hydrogens is 164 g/mol. The first-order valence-electron chi connectivity index (χ1n) is 3.97. The van der Waals surface area contributed by atoms with Crippen molar-refractivity contribution in [2.24, 2.45) is 7.05 Å². The number of nitrogens with two attached hydrogens (primary N) is 1. The molecule has 2 rings (SSSR count). The molecule has 4 heteroatoms. The molecule has 0 spiro atoms. The maximum Gasteiger partial charge on any atom is 0.163 e. The minimum Gasteiger partial charge on any atom is -0.399 e. The standard InChI is InChI=1S/C9H10N4/c1-13-6-11-12-9(13)7-2-4-8(10)5-3-7/h2-6H,10H2,1H3. The van der Waals surface area contributed by atoms with Gasteiger partial charge in [-0.05, 0) is 24.3 Å². The predicted molar refractivity (Wildman–Crippen MR) is 50.9 cm³/mol. The number of rotatable bonds is 1. The van der Waals surface area contributed by atoms with Crippen molar-refractivity contribution in [3.05, 3.63) is 30.6 Å². The first-order valence-corrected chi connectivity index (χ1v) is 3.97. The number of nitrogen functional groups attached to an aromatic ring is 1. The van der Waals surface area contributed by atoms with Crippen LogP contribution in [0, 0.1) is 0 Å². The molecule has 1 heterocycles. The number of hydrogen-bond donors (Lipinski definition) is 1. The highest BCUT2D eigenvalue weighted by atomic mass is 15.2. The second-order valence-corrected chi connectivity index (χ2v) is 2.89. The van der Waals surface area contributed by atoms with E-state index in [9.17, 15) is 0 Å². The Hall–Kier alpha value is -1.84. The van der Waals surface area contributed by atoms with Gasteiger partial charge in [-0.1, -0.05) is 0 Å². The van der Waals surface area contributed by atoms with Crippen LogP contribution in [0.5, 0.6) is 0 Å². The van der Waals surface area contributed by atoms with E-state index >= 15 is 0 Å². The van der Waals surface area contributed by atoms with Crippen LogP contribution in [0.2, 0.25) is 0 Å². The zero-order chi connectivity index (χ0) is 9.26. The Morgan fingerprint density at radius 2 is 1.92 bits per heavy atom. The van der Waals surface area contributed by atoms with Crippen molar-refractivity contribution in [3.8, 4) is 11.4 Å². The van der Waals surface area contributed by atoms with Crippen LogP contribution < -0.4 is 5.73 Å². The van der Waals surface area contributed by atoms with Crippen LogP contribution >= 0.6 is 0 Å². The van der Waals surface area contributed by atoms with Crippen LogP contribution in [-0.2, 0) is 7.05 Å². The van der Waals surface area contributed by atoms with E-state index in [1.807, 2.05) is 35.9 Å². The summed E-state index contributed by atoms with van der Waals surface area (Å²) in [6.07, 6.45) is 1.67. The molecule has 0 bridgehead atoms. The molecular formula is C9H10N4. The number of anilines is 1. The number of nitrogens with zero attached hydrogens (tertiary/aromatic N) is 3. The second kappa shape index (κ2) is 2.90. The number of benzene rings is 1. The Morgan fingerprint density at radius 1 is 1.23 bits per heavy atom. The molecule has 0 radical (unpaired) electrons. The molecule has 0 aliphatic heterocycles. The Kier molecular flexibility index (Phi) is 1.73. The van der Waals surface area contributed by atoms with Crippen LogP contribution in [-0.4, -0.2) is 14.8 Å². The summed E-state index contributed by atoms with van der Waals surface area (Å²) < 4.78 is 1.87. The topological polar surface area (TPSA) is 56.7 Å². The third-order valence-corrected chi connectivity index (χ3v) is 1.88. The van der Waals surface area contributed by atoms with Gasteiger partial charge >= 0.3 is 0 Å². The first kappa shape index (κ1) is 7.79. The van der Waals surface area contributed by atoms with E-state index in [1.54, 1.807) is 6.33 Å². The van der Waals surface area contributed by atoms with Gasteiger partial charge in [0, 0.05) is 18.3 Å². The van der Waals surface area contributed by atoms with Crippen molar-refractivity contribution in [3.63, 3.8) is 0 Å². The van der Waals surface area contributed by atoms with Gasteiger partial charge in [-0.15, -0.1) is 10.2 Å². The summed E-state index contributed by atoms with van der Waals surface area (Å²) in [6, 6.07) is 7.56. The van der Waals surface area contributed by atoms with Crippen molar-refractivity contribution in [2.75, 3.05) is 5.73 Å². The van der Waals surface area contributed by atoms with Crippen LogP contribution in [0.4, 0.5) is 5.69 Å². The lowest BCUT2D eigenvalue weighted by atomic mass is 10.2. The maximum atomic E-state index is 5.58. The van der Waals surface area contributed by atoms with Gasteiger partial charge in [-0.25, -0.2) is 0 Å². The summed E-state index contributed by atoms with van der Waals surface area (Å²) in [6.45, 7) is 0. The van der Waals surface area contributed by atoms with Gasteiger partial charge in [0.25, 0.3) is 0 Å². The largest absolute Gasteiger partial charge is 0.399 e. The summed E-state index contributed by atoms with van der Waals surface area (Å²) in [5.41, 5.74) is 7.35. The summed E-state index contributed by atoms with van der Waals surface area (Å²) in [7, 11) is 1.91. The fraction of sp³-hybridized carbons (Fsp3) is 0.111. The number of aryl methyl sites for hydroxylation is 1. The Morgan fingerprint density at radius 3 is 2.46 bits per heavy atom. The van der Waals surface area contributed by atoms with Gasteiger partial charge in [0.2, 0.25) is 0 Å². The molecule has 0 fully saturated rings. The predicted octanol–water partition coefficient (Wildman–Crippen LogP) is 1.06. The Labute approximate surface area is 76.0 Å². The first-order chi connectivity index (χ1) is 6.27. The quantitative estimate of drug-likeness (QED) is 0.658. The normalized spacial score (nSPS) is 10.2. The molecule has 4 nitrogen and oxygen atoms in total. The van der Waals surface area contributed by atoms with Crippen molar-refractivity contribution < 1.29 is 0 Å². The summed E-state index contributed by atoms with van der Waals surface area (Å²) in [4.78, 5) is 0. The molecule has 1 aromatic carbocycles. The minimum atomic E-state index is 0.755. The van der Waals surface area contributed by atoms with Crippen molar-refractivity contribution in [2.45, 2.75) is 0 Å². The lowest BCUT2D eigenvalue weighted by Crippen LogP contribution is -1.91. The molecule has 2 N–H and O–H groups in total. The second-order valence-electron chi connectivity index (χ2n) is 2.89. The molecule has 0 saturated heterocycles. The van der Waals surface area contributed by atoms with Gasteiger partial charge in [0.05, 0.1) is 0 Å². The summed E-state index contributed by atoms with van der Waals surface area (Å²) in [5, 5.41) is 7.79. The van der Waals surface area contributed by atoms with Gasteiger partial charge in [0.1, 0.15) is 6.33 Å². The highest BCUT2D eigenvalue weighted by molar-refractivity contribution is 5.58. The Balaban J connectivity index is 2.47. The van der Waals surface area contributed by atoms with Gasteiger partial charge in [-0.3, -0.25) is 0 Å². The highest BCUT2D eigenvalue weighted by Crippen LogP contribution is 2.16. The summed E-state index contributed by atoms with van der Waals surface area (Å²) >= 11 is 0. The molecule has 0 saturated carbocycles. The molecule has 0 aliphatic rings. The molecule has 13 heavy (non-hydrogen) atoms. The molecule has 0 amide bonds. The fourth-order valence-corrected chi connectivity index (χ4v) is 1.18. The average molecular weight is 174 g/mol. The number of aromatic nitrogens is 3. The number of hydrogen-bond acceptors (Lipinski definition) is 3. The smallest absolute Gasteiger partial charge is 0.163 e. The third-order valence-electron chi connectivity index (χ3n) is 1.88. The SMILES string of the molecule is Cn1cnnc1-c1ccc(N)cc1. The van der Waals surface area contributed by atoms with Gasteiger partial charge in [-0.2, -0.15) is 0 Å². The van der Waals surface area contributed by atoms with Crippen LogP contribution in [0.3, 0.4) is 0 Å². The third kappa shape index (κ3) is 1.38. The van der Waals surface area contributed by atoms with Crippen molar-refractivity contribution in [1.29, 1.82) is 0 Å². The summed E-state index contributed by atoms with van der Waals surface area (Å²) in [5.74, 6) is 0.847. The minimum absolute atomic E-state index is 0.755. The lowest BCUT2D eigenvalue weighted by Gasteiger charge is -1.99. The lowest BCUT2D eigenvalue weighted by molar-refractivity contribution is 0.920. The van der Waals surface area contributed by atoms with Crippen LogP contribution in [0.25, 0.3) is 11.4 Å². The van der Waals surface area contributed by atoms with Gasteiger partial charge < -0.3 is 10.3 Å². The molecule has 0 atom stereocenters. The zero-order valence-corrected chi connectivity index (χ0v) is 7.31. The molecule has 1 aromatic heterocycles. The molecule has 66 valence electrons. The van der Waals surface area contributed by atoms with Crippen LogP contribution in [0.15, 0.2) is 30.6 Å². The van der Waals surface area contributed by atoms with Crippen molar-refractivity contribution >= 4 is 5.69 Å². The van der Waals surface area contributed by atoms with Crippen LogP contribution in [0.1, 0.15) is 0 Å². The van der Waals surface area contributed by atoms with E-state index < -0.39 is 0 Å². The van der Waals surface area contributed by atoms with Crippen molar-refractivity contribution in [1.82, 2.24) is 14.8 Å². The van der Waals surface area contributed by atoms with E-state index in [2.05, 4.69) is 10.2 Å². The fourth-order valence-electron chi connectivity index (χ4n) is 1.18. The van der Waals surface area contributed by atoms with E-state index in [4.69, 9.17) is 5.73 Å². The highest BCUT2D eigenvalue weighted by Gasteiger charge is 2.02. The molecule has 0 unspecified atom stereocenters. The Bertz CT molecular complexity index is 402. The average Bonchev–Trinajstić information content (AvgIpc) is 2.53. The van der Waals surface area contributed by atoms with E-state index in [0.717, 1.165) is 17.1 Å². The van der Waals surface area contributed by atoms with E-state index in [0.29, 0.717) is 0 Å². The maximum absolute atomic E-state index is 5.58. The zero-order valence-electron chi connectivity index (χ0n) is 7.31. The molecule has 0 aliphatic carbocycles. The monoisotopic (exact) mass is 174 g/mol. The molecule has 2 aromatic rings. The van der Waals surface area contributed by atoms with E-state index in [-0.39, 0.29) is 0 Å².